The monoisotopic (exact) mass is 280 g/mol. The standard InChI is InChI=1S/C16H28N2O2/c1-12(19)9-14-6-7-15(18(14)3)11-16(20)10-13-5-4-8-17(13)2/h13-15H,4-11H2,1-3H3/t13-,14-,15?/m1/s1. The van der Waals surface area contributed by atoms with Crippen LogP contribution >= 0.6 is 0 Å². The van der Waals surface area contributed by atoms with Gasteiger partial charge in [-0.3, -0.25) is 14.5 Å². The molecule has 0 aliphatic carbocycles. The second-order valence-electron chi connectivity index (χ2n) is 6.68. The summed E-state index contributed by atoms with van der Waals surface area (Å²) in [6.07, 6.45) is 6.49. The average molecular weight is 280 g/mol. The van der Waals surface area contributed by atoms with Crippen molar-refractivity contribution in [3.8, 4) is 0 Å². The van der Waals surface area contributed by atoms with E-state index in [0.29, 0.717) is 43.2 Å². The highest BCUT2D eigenvalue weighted by atomic mass is 16.1. The van der Waals surface area contributed by atoms with E-state index in [-0.39, 0.29) is 5.78 Å². The number of hydrogen-bond donors (Lipinski definition) is 0. The number of carbonyl (C=O) groups is 2. The smallest absolute Gasteiger partial charge is 0.136 e. The fourth-order valence-corrected chi connectivity index (χ4v) is 3.76. The predicted molar refractivity (Wildman–Crippen MR) is 79.8 cm³/mol. The number of likely N-dealkylation sites (tertiary alicyclic amines) is 2. The summed E-state index contributed by atoms with van der Waals surface area (Å²) in [4.78, 5) is 28.1. The Morgan fingerprint density at radius 2 is 1.55 bits per heavy atom. The van der Waals surface area contributed by atoms with Crippen molar-refractivity contribution in [2.24, 2.45) is 0 Å². The van der Waals surface area contributed by atoms with E-state index in [1.165, 1.54) is 6.42 Å². The molecule has 2 heterocycles. The van der Waals surface area contributed by atoms with Gasteiger partial charge in [0, 0.05) is 37.4 Å². The molecule has 0 spiro atoms. The summed E-state index contributed by atoms with van der Waals surface area (Å²) in [5.41, 5.74) is 0. The van der Waals surface area contributed by atoms with Gasteiger partial charge < -0.3 is 4.90 Å². The van der Waals surface area contributed by atoms with Crippen molar-refractivity contribution in [1.29, 1.82) is 0 Å². The Labute approximate surface area is 122 Å². The van der Waals surface area contributed by atoms with Gasteiger partial charge in [-0.2, -0.15) is 0 Å². The highest BCUT2D eigenvalue weighted by molar-refractivity contribution is 5.80. The van der Waals surface area contributed by atoms with Crippen LogP contribution in [0.5, 0.6) is 0 Å². The summed E-state index contributed by atoms with van der Waals surface area (Å²) in [5, 5.41) is 0. The second kappa shape index (κ2) is 6.81. The largest absolute Gasteiger partial charge is 0.303 e. The Morgan fingerprint density at radius 3 is 2.10 bits per heavy atom. The number of rotatable bonds is 6. The zero-order valence-corrected chi connectivity index (χ0v) is 13.1. The second-order valence-corrected chi connectivity index (χ2v) is 6.68. The Morgan fingerprint density at radius 1 is 0.950 bits per heavy atom. The molecule has 3 atom stereocenters. The Balaban J connectivity index is 1.78. The molecule has 2 rings (SSSR count). The van der Waals surface area contributed by atoms with Crippen molar-refractivity contribution < 1.29 is 9.59 Å². The lowest BCUT2D eigenvalue weighted by molar-refractivity contribution is -0.121. The molecule has 0 radical (unpaired) electrons. The molecule has 0 amide bonds. The zero-order valence-electron chi connectivity index (χ0n) is 13.1. The number of carbonyl (C=O) groups excluding carboxylic acids is 2. The summed E-state index contributed by atoms with van der Waals surface area (Å²) in [6.45, 7) is 2.78. The predicted octanol–water partition coefficient (Wildman–Crippen LogP) is 1.87. The Kier molecular flexibility index (Phi) is 5.33. The third kappa shape index (κ3) is 3.89. The first-order chi connectivity index (χ1) is 9.47. The van der Waals surface area contributed by atoms with Crippen LogP contribution in [0.25, 0.3) is 0 Å². The van der Waals surface area contributed by atoms with E-state index in [0.717, 1.165) is 25.8 Å². The van der Waals surface area contributed by atoms with Gasteiger partial charge in [-0.1, -0.05) is 0 Å². The van der Waals surface area contributed by atoms with E-state index >= 15 is 0 Å². The first-order valence-corrected chi connectivity index (χ1v) is 7.90. The van der Waals surface area contributed by atoms with Gasteiger partial charge in [-0.15, -0.1) is 0 Å². The molecule has 4 heteroatoms. The molecule has 0 aromatic heterocycles. The van der Waals surface area contributed by atoms with Crippen molar-refractivity contribution in [1.82, 2.24) is 9.80 Å². The number of hydrogen-bond acceptors (Lipinski definition) is 4. The van der Waals surface area contributed by atoms with Gasteiger partial charge in [0.15, 0.2) is 0 Å². The molecule has 4 nitrogen and oxygen atoms in total. The topological polar surface area (TPSA) is 40.6 Å². The molecule has 0 aromatic rings. The number of nitrogens with zero attached hydrogens (tertiary/aromatic N) is 2. The van der Waals surface area contributed by atoms with Crippen LogP contribution in [0.3, 0.4) is 0 Å². The molecule has 2 aliphatic heterocycles. The minimum absolute atomic E-state index is 0.251. The third-order valence-electron chi connectivity index (χ3n) is 5.11. The molecule has 0 N–H and O–H groups in total. The van der Waals surface area contributed by atoms with Gasteiger partial charge in [0.2, 0.25) is 0 Å². The fourth-order valence-electron chi connectivity index (χ4n) is 3.76. The maximum absolute atomic E-state index is 12.3. The van der Waals surface area contributed by atoms with Crippen LogP contribution in [0.2, 0.25) is 0 Å². The average Bonchev–Trinajstić information content (AvgIpc) is 2.90. The van der Waals surface area contributed by atoms with E-state index in [2.05, 4.69) is 23.9 Å². The lowest BCUT2D eigenvalue weighted by Crippen LogP contribution is -2.35. The van der Waals surface area contributed by atoms with Crippen LogP contribution in [0.15, 0.2) is 0 Å². The minimum Gasteiger partial charge on any atom is -0.303 e. The van der Waals surface area contributed by atoms with E-state index in [1.54, 1.807) is 6.92 Å². The SMILES string of the molecule is CC(=O)C[C@H]1CCC(CC(=O)C[C@H]2CCCN2C)N1C. The minimum atomic E-state index is 0.251. The third-order valence-corrected chi connectivity index (χ3v) is 5.11. The zero-order chi connectivity index (χ0) is 14.7. The normalized spacial score (nSPS) is 31.9. The molecule has 2 aliphatic rings. The first kappa shape index (κ1) is 15.6. The molecule has 0 saturated carbocycles. The molecular weight excluding hydrogens is 252 g/mol. The van der Waals surface area contributed by atoms with E-state index in [1.807, 2.05) is 0 Å². The lowest BCUT2D eigenvalue weighted by Gasteiger charge is -2.25. The summed E-state index contributed by atoms with van der Waals surface area (Å²) in [6, 6.07) is 1.15. The maximum Gasteiger partial charge on any atom is 0.136 e. The van der Waals surface area contributed by atoms with Crippen LogP contribution in [0.4, 0.5) is 0 Å². The van der Waals surface area contributed by atoms with Gasteiger partial charge in [0.05, 0.1) is 0 Å². The van der Waals surface area contributed by atoms with Crippen molar-refractivity contribution in [3.63, 3.8) is 0 Å². The van der Waals surface area contributed by atoms with Gasteiger partial charge in [0.25, 0.3) is 0 Å². The Bertz CT molecular complexity index is 369. The van der Waals surface area contributed by atoms with Crippen LogP contribution in [-0.4, -0.2) is 60.1 Å². The van der Waals surface area contributed by atoms with Crippen LogP contribution in [-0.2, 0) is 9.59 Å². The molecule has 2 fully saturated rings. The summed E-state index contributed by atoms with van der Waals surface area (Å²) in [7, 11) is 4.19. The summed E-state index contributed by atoms with van der Waals surface area (Å²) < 4.78 is 0. The lowest BCUT2D eigenvalue weighted by atomic mass is 10.0. The molecule has 114 valence electrons. The molecule has 2 saturated heterocycles. The van der Waals surface area contributed by atoms with Crippen LogP contribution in [0, 0.1) is 0 Å². The summed E-state index contributed by atoms with van der Waals surface area (Å²) in [5.74, 6) is 0.644. The van der Waals surface area contributed by atoms with Gasteiger partial charge in [0.1, 0.15) is 11.6 Å². The van der Waals surface area contributed by atoms with Gasteiger partial charge >= 0.3 is 0 Å². The van der Waals surface area contributed by atoms with Crippen LogP contribution in [0.1, 0.15) is 51.9 Å². The van der Waals surface area contributed by atoms with Gasteiger partial charge in [-0.25, -0.2) is 0 Å². The molecular formula is C16H28N2O2. The number of ketones is 2. The molecule has 0 aromatic carbocycles. The highest BCUT2D eigenvalue weighted by Gasteiger charge is 2.33. The van der Waals surface area contributed by atoms with Crippen molar-refractivity contribution >= 4 is 11.6 Å². The van der Waals surface area contributed by atoms with Gasteiger partial charge in [-0.05, 0) is 53.2 Å². The highest BCUT2D eigenvalue weighted by Crippen LogP contribution is 2.28. The Hall–Kier alpha value is -0.740. The molecule has 1 unspecified atom stereocenters. The molecule has 20 heavy (non-hydrogen) atoms. The summed E-state index contributed by atoms with van der Waals surface area (Å²) >= 11 is 0. The van der Waals surface area contributed by atoms with E-state index in [9.17, 15) is 9.59 Å². The number of Topliss-reactive ketones (excluding diaryl/α,β-unsaturated/α-hetero) is 2. The fraction of sp³-hybridized carbons (Fsp3) is 0.875. The van der Waals surface area contributed by atoms with Crippen molar-refractivity contribution in [3.05, 3.63) is 0 Å². The van der Waals surface area contributed by atoms with Crippen molar-refractivity contribution in [2.75, 3.05) is 20.6 Å². The van der Waals surface area contributed by atoms with Crippen molar-refractivity contribution in [2.45, 2.75) is 70.0 Å². The van der Waals surface area contributed by atoms with E-state index < -0.39 is 0 Å². The maximum atomic E-state index is 12.3. The van der Waals surface area contributed by atoms with E-state index in [4.69, 9.17) is 0 Å². The van der Waals surface area contributed by atoms with Crippen LogP contribution < -0.4 is 0 Å². The quantitative estimate of drug-likeness (QED) is 0.745. The molecule has 0 bridgehead atoms. The first-order valence-electron chi connectivity index (χ1n) is 7.90.